The highest BCUT2D eigenvalue weighted by Gasteiger charge is 2.17. The molecule has 0 aliphatic carbocycles. The second-order valence-corrected chi connectivity index (χ2v) is 5.35. The molecule has 1 N–H and O–H groups in total. The fourth-order valence-electron chi connectivity index (χ4n) is 2.51. The second kappa shape index (κ2) is 7.19. The number of hydrogen-bond acceptors (Lipinski definition) is 4. The third kappa shape index (κ3) is 3.41. The second-order valence-electron chi connectivity index (χ2n) is 5.35. The van der Waals surface area contributed by atoms with E-state index >= 15 is 0 Å². The summed E-state index contributed by atoms with van der Waals surface area (Å²) in [6.07, 6.45) is -0.355. The highest BCUT2D eigenvalue weighted by Crippen LogP contribution is 2.25. The number of rotatable bonds is 6. The minimum absolute atomic E-state index is 0.188. The minimum Gasteiger partial charge on any atom is -0.497 e. The number of methoxy groups -OCH3 is 2. The number of para-hydroxylation sites is 1. The molecule has 1 unspecified atom stereocenters. The zero-order valence-corrected chi connectivity index (χ0v) is 13.6. The van der Waals surface area contributed by atoms with Gasteiger partial charge in [-0.3, -0.25) is 4.79 Å². The van der Waals surface area contributed by atoms with Crippen molar-refractivity contribution in [3.05, 3.63) is 65.9 Å². The Balaban J connectivity index is 1.70. The van der Waals surface area contributed by atoms with Crippen molar-refractivity contribution >= 4 is 16.9 Å². The fraction of sp³-hybridized carbons (Fsp3) is 0.211. The predicted octanol–water partition coefficient (Wildman–Crippen LogP) is 3.56. The number of benzene rings is 2. The minimum atomic E-state index is -0.355. The van der Waals surface area contributed by atoms with Gasteiger partial charge >= 0.3 is 0 Å². The van der Waals surface area contributed by atoms with Gasteiger partial charge in [-0.2, -0.15) is 0 Å². The maximum Gasteiger partial charge on any atom is 0.251 e. The molecule has 0 saturated carbocycles. The molecular weight excluding hydrogens is 306 g/mol. The molecule has 0 bridgehead atoms. The summed E-state index contributed by atoms with van der Waals surface area (Å²) >= 11 is 0. The van der Waals surface area contributed by atoms with E-state index in [1.165, 1.54) is 0 Å². The fourth-order valence-corrected chi connectivity index (χ4v) is 2.51. The van der Waals surface area contributed by atoms with Crippen molar-refractivity contribution in [3.63, 3.8) is 0 Å². The molecule has 3 rings (SSSR count). The molecular formula is C19H19NO4. The Labute approximate surface area is 140 Å². The van der Waals surface area contributed by atoms with Crippen LogP contribution in [0.1, 0.15) is 22.2 Å². The van der Waals surface area contributed by atoms with Crippen LogP contribution in [0.25, 0.3) is 11.0 Å². The van der Waals surface area contributed by atoms with E-state index in [2.05, 4.69) is 5.32 Å². The summed E-state index contributed by atoms with van der Waals surface area (Å²) in [4.78, 5) is 12.3. The SMILES string of the molecule is COc1cccc(C(=O)NCC(OC)c2cc3ccccc3o2)c1. The first-order chi connectivity index (χ1) is 11.7. The van der Waals surface area contributed by atoms with E-state index in [0.29, 0.717) is 23.6 Å². The first kappa shape index (κ1) is 16.1. The van der Waals surface area contributed by atoms with Crippen molar-refractivity contribution in [1.82, 2.24) is 5.32 Å². The number of furan rings is 1. The maximum absolute atomic E-state index is 12.3. The van der Waals surface area contributed by atoms with Gasteiger partial charge in [-0.1, -0.05) is 24.3 Å². The summed E-state index contributed by atoms with van der Waals surface area (Å²) < 4.78 is 16.4. The van der Waals surface area contributed by atoms with Crippen LogP contribution in [0.15, 0.2) is 59.0 Å². The van der Waals surface area contributed by atoms with Gasteiger partial charge in [0.15, 0.2) is 0 Å². The summed E-state index contributed by atoms with van der Waals surface area (Å²) in [7, 11) is 3.16. The number of carbonyl (C=O) groups excluding carboxylic acids is 1. The topological polar surface area (TPSA) is 60.7 Å². The lowest BCUT2D eigenvalue weighted by molar-refractivity contribution is 0.0747. The molecule has 5 heteroatoms. The molecule has 0 spiro atoms. The molecule has 1 aromatic heterocycles. The van der Waals surface area contributed by atoms with Gasteiger partial charge in [0.2, 0.25) is 0 Å². The van der Waals surface area contributed by atoms with Crippen LogP contribution < -0.4 is 10.1 Å². The Morgan fingerprint density at radius 1 is 1.12 bits per heavy atom. The van der Waals surface area contributed by atoms with E-state index in [1.54, 1.807) is 38.5 Å². The van der Waals surface area contributed by atoms with Gasteiger partial charge in [-0.15, -0.1) is 0 Å². The average molecular weight is 325 g/mol. The van der Waals surface area contributed by atoms with Crippen LogP contribution >= 0.6 is 0 Å². The van der Waals surface area contributed by atoms with Crippen LogP contribution in [0.4, 0.5) is 0 Å². The molecule has 0 aliphatic heterocycles. The Hall–Kier alpha value is -2.79. The van der Waals surface area contributed by atoms with Gasteiger partial charge in [0.1, 0.15) is 23.2 Å². The summed E-state index contributed by atoms with van der Waals surface area (Å²) in [5, 5.41) is 3.87. The van der Waals surface area contributed by atoms with Crippen molar-refractivity contribution in [2.45, 2.75) is 6.10 Å². The van der Waals surface area contributed by atoms with Gasteiger partial charge in [-0.25, -0.2) is 0 Å². The summed E-state index contributed by atoms with van der Waals surface area (Å²) in [5.74, 6) is 1.14. The zero-order chi connectivity index (χ0) is 16.9. The molecule has 3 aromatic rings. The van der Waals surface area contributed by atoms with Gasteiger partial charge in [0, 0.05) is 18.1 Å². The van der Waals surface area contributed by atoms with Crippen LogP contribution in [0.2, 0.25) is 0 Å². The highest BCUT2D eigenvalue weighted by atomic mass is 16.5. The molecule has 0 aliphatic rings. The number of fused-ring (bicyclic) bond motifs is 1. The molecule has 1 amide bonds. The predicted molar refractivity (Wildman–Crippen MR) is 91.3 cm³/mol. The van der Waals surface area contributed by atoms with E-state index in [9.17, 15) is 4.79 Å². The van der Waals surface area contributed by atoms with Gasteiger partial charge in [-0.05, 0) is 30.3 Å². The maximum atomic E-state index is 12.3. The Morgan fingerprint density at radius 2 is 1.96 bits per heavy atom. The monoisotopic (exact) mass is 325 g/mol. The summed E-state index contributed by atoms with van der Waals surface area (Å²) in [6, 6.07) is 16.7. The van der Waals surface area contributed by atoms with Crippen LogP contribution in [0.3, 0.4) is 0 Å². The Morgan fingerprint density at radius 3 is 2.71 bits per heavy atom. The molecule has 0 fully saturated rings. The smallest absolute Gasteiger partial charge is 0.251 e. The lowest BCUT2D eigenvalue weighted by Crippen LogP contribution is -2.29. The normalized spacial score (nSPS) is 12.1. The third-order valence-electron chi connectivity index (χ3n) is 3.83. The van der Waals surface area contributed by atoms with Gasteiger partial charge < -0.3 is 19.2 Å². The van der Waals surface area contributed by atoms with Crippen molar-refractivity contribution in [2.24, 2.45) is 0 Å². The average Bonchev–Trinajstić information content (AvgIpc) is 3.06. The standard InChI is InChI=1S/C19H19NO4/c1-22-15-8-5-7-14(10-15)19(21)20-12-18(23-2)17-11-13-6-3-4-9-16(13)24-17/h3-11,18H,12H2,1-2H3,(H,20,21). The van der Waals surface area contributed by atoms with E-state index < -0.39 is 0 Å². The lowest BCUT2D eigenvalue weighted by atomic mass is 10.2. The largest absolute Gasteiger partial charge is 0.497 e. The molecule has 2 aromatic carbocycles. The first-order valence-corrected chi connectivity index (χ1v) is 7.65. The van der Waals surface area contributed by atoms with Crippen LogP contribution in [-0.2, 0) is 4.74 Å². The number of carbonyl (C=O) groups is 1. The van der Waals surface area contributed by atoms with Gasteiger partial charge in [0.25, 0.3) is 5.91 Å². The number of amides is 1. The zero-order valence-electron chi connectivity index (χ0n) is 13.6. The highest BCUT2D eigenvalue weighted by molar-refractivity contribution is 5.94. The van der Waals surface area contributed by atoms with Crippen LogP contribution in [0.5, 0.6) is 5.75 Å². The molecule has 0 radical (unpaired) electrons. The summed E-state index contributed by atoms with van der Waals surface area (Å²) in [6.45, 7) is 0.312. The lowest BCUT2D eigenvalue weighted by Gasteiger charge is -2.14. The van der Waals surface area contributed by atoms with Crippen molar-refractivity contribution in [1.29, 1.82) is 0 Å². The molecule has 5 nitrogen and oxygen atoms in total. The number of nitrogens with one attached hydrogen (secondary N) is 1. The molecule has 24 heavy (non-hydrogen) atoms. The number of hydrogen-bond donors (Lipinski definition) is 1. The third-order valence-corrected chi connectivity index (χ3v) is 3.83. The van der Waals surface area contributed by atoms with Gasteiger partial charge in [0.05, 0.1) is 13.7 Å². The van der Waals surface area contributed by atoms with Crippen LogP contribution in [-0.4, -0.2) is 26.7 Å². The molecule has 0 saturated heterocycles. The molecule has 1 atom stereocenters. The Bertz CT molecular complexity index is 807. The van der Waals surface area contributed by atoms with E-state index in [4.69, 9.17) is 13.9 Å². The van der Waals surface area contributed by atoms with Crippen molar-refractivity contribution in [3.8, 4) is 5.75 Å². The molecule has 124 valence electrons. The number of ether oxygens (including phenoxy) is 2. The summed E-state index contributed by atoms with van der Waals surface area (Å²) in [5.41, 5.74) is 1.34. The van der Waals surface area contributed by atoms with E-state index in [-0.39, 0.29) is 12.0 Å². The van der Waals surface area contributed by atoms with Crippen LogP contribution in [0, 0.1) is 0 Å². The Kier molecular flexibility index (Phi) is 4.82. The quantitative estimate of drug-likeness (QED) is 0.753. The van der Waals surface area contributed by atoms with E-state index in [0.717, 1.165) is 11.0 Å². The first-order valence-electron chi connectivity index (χ1n) is 7.65. The van der Waals surface area contributed by atoms with Crippen molar-refractivity contribution < 1.29 is 18.7 Å². The van der Waals surface area contributed by atoms with E-state index in [1.807, 2.05) is 30.3 Å². The molecule has 1 heterocycles. The van der Waals surface area contributed by atoms with Crippen molar-refractivity contribution in [2.75, 3.05) is 20.8 Å².